The molecule has 6 heteroatoms. The lowest BCUT2D eigenvalue weighted by Gasteiger charge is -2.09. The van der Waals surface area contributed by atoms with E-state index in [0.717, 1.165) is 0 Å². The zero-order valence-corrected chi connectivity index (χ0v) is 10.2. The van der Waals surface area contributed by atoms with E-state index in [2.05, 4.69) is 10.1 Å². The molecule has 0 aliphatic heterocycles. The van der Waals surface area contributed by atoms with E-state index in [4.69, 9.17) is 10.5 Å². The van der Waals surface area contributed by atoms with Gasteiger partial charge in [0, 0.05) is 18.3 Å². The number of anilines is 1. The molecular weight excluding hydrogens is 232 g/mol. The first-order valence-electron chi connectivity index (χ1n) is 5.55. The molecule has 2 N–H and O–H groups in total. The number of nitrogens with zero attached hydrogens (tertiary/aromatic N) is 3. The Morgan fingerprint density at radius 2 is 2.28 bits per heavy atom. The second-order valence-electron chi connectivity index (χ2n) is 4.07. The summed E-state index contributed by atoms with van der Waals surface area (Å²) in [7, 11) is 0. The van der Waals surface area contributed by atoms with Crippen molar-refractivity contribution >= 4 is 11.8 Å². The molecule has 2 aromatic rings. The number of nitrogen functional groups attached to an aromatic ring is 1. The largest absolute Gasteiger partial charge is 0.420 e. The number of pyridine rings is 1. The maximum absolute atomic E-state index is 12.0. The molecule has 94 valence electrons. The monoisotopic (exact) mass is 246 g/mol. The summed E-state index contributed by atoms with van der Waals surface area (Å²) in [4.78, 5) is 15.9. The van der Waals surface area contributed by atoms with Gasteiger partial charge >= 0.3 is 5.97 Å². The molecule has 0 aliphatic carbocycles. The lowest BCUT2D eigenvalue weighted by atomic mass is 10.3. The molecule has 0 aliphatic rings. The molecule has 2 aromatic heterocycles. The van der Waals surface area contributed by atoms with Gasteiger partial charge in [-0.1, -0.05) is 0 Å². The molecule has 2 rings (SSSR count). The third-order valence-electron chi connectivity index (χ3n) is 2.30. The number of ether oxygens (including phenoxy) is 1. The van der Waals surface area contributed by atoms with Gasteiger partial charge in [0.25, 0.3) is 0 Å². The van der Waals surface area contributed by atoms with Crippen LogP contribution in [0.2, 0.25) is 0 Å². The van der Waals surface area contributed by atoms with Gasteiger partial charge in [-0.05, 0) is 26.0 Å². The van der Waals surface area contributed by atoms with Gasteiger partial charge in [0.1, 0.15) is 17.3 Å². The van der Waals surface area contributed by atoms with E-state index in [1.165, 1.54) is 16.9 Å². The highest BCUT2D eigenvalue weighted by Gasteiger charge is 2.18. The molecule has 0 radical (unpaired) electrons. The molecule has 6 nitrogen and oxygen atoms in total. The van der Waals surface area contributed by atoms with Gasteiger partial charge < -0.3 is 10.5 Å². The van der Waals surface area contributed by atoms with Crippen molar-refractivity contribution in [2.45, 2.75) is 19.9 Å². The van der Waals surface area contributed by atoms with Crippen molar-refractivity contribution in [1.82, 2.24) is 14.8 Å². The summed E-state index contributed by atoms with van der Waals surface area (Å²) in [5, 5.41) is 4.05. The smallest absolute Gasteiger partial charge is 0.362 e. The summed E-state index contributed by atoms with van der Waals surface area (Å²) >= 11 is 0. The van der Waals surface area contributed by atoms with Crippen LogP contribution in [0.3, 0.4) is 0 Å². The fourth-order valence-electron chi connectivity index (χ4n) is 1.53. The summed E-state index contributed by atoms with van der Waals surface area (Å²) in [5.41, 5.74) is 5.92. The zero-order chi connectivity index (χ0) is 13.1. The van der Waals surface area contributed by atoms with Crippen molar-refractivity contribution in [3.63, 3.8) is 0 Å². The molecule has 0 bridgehead atoms. The van der Waals surface area contributed by atoms with Gasteiger partial charge in [0.05, 0.1) is 6.20 Å². The number of carbonyl (C=O) groups excluding carboxylic acids is 1. The van der Waals surface area contributed by atoms with Gasteiger partial charge in [-0.2, -0.15) is 5.10 Å². The number of aromatic nitrogens is 3. The zero-order valence-electron chi connectivity index (χ0n) is 10.2. The molecule has 18 heavy (non-hydrogen) atoms. The first-order valence-corrected chi connectivity index (χ1v) is 5.55. The topological polar surface area (TPSA) is 83.0 Å². The van der Waals surface area contributed by atoms with Gasteiger partial charge in [0.2, 0.25) is 0 Å². The van der Waals surface area contributed by atoms with Crippen LogP contribution >= 0.6 is 0 Å². The quantitative estimate of drug-likeness (QED) is 0.833. The van der Waals surface area contributed by atoms with Crippen LogP contribution < -0.4 is 10.5 Å². The highest BCUT2D eigenvalue weighted by molar-refractivity contribution is 5.90. The van der Waals surface area contributed by atoms with Crippen molar-refractivity contribution in [2.75, 3.05) is 5.73 Å². The Labute approximate surface area is 104 Å². The Kier molecular flexibility index (Phi) is 3.27. The Morgan fingerprint density at radius 3 is 2.89 bits per heavy atom. The van der Waals surface area contributed by atoms with Crippen LogP contribution in [0.5, 0.6) is 5.75 Å². The number of esters is 1. The van der Waals surface area contributed by atoms with Crippen LogP contribution in [0.15, 0.2) is 30.6 Å². The first-order chi connectivity index (χ1) is 8.58. The summed E-state index contributed by atoms with van der Waals surface area (Å²) in [6.45, 7) is 3.82. The maximum atomic E-state index is 12.0. The number of carbonyl (C=O) groups is 1. The molecule has 0 atom stereocenters. The van der Waals surface area contributed by atoms with E-state index in [0.29, 0.717) is 17.3 Å². The molecule has 0 aromatic carbocycles. The minimum atomic E-state index is -0.499. The second-order valence-corrected chi connectivity index (χ2v) is 4.07. The minimum Gasteiger partial charge on any atom is -0.420 e. The van der Waals surface area contributed by atoms with Crippen LogP contribution in [0.25, 0.3) is 0 Å². The number of hydrogen-bond donors (Lipinski definition) is 1. The third kappa shape index (κ3) is 2.48. The van der Waals surface area contributed by atoms with Gasteiger partial charge in [-0.15, -0.1) is 0 Å². The van der Waals surface area contributed by atoms with E-state index in [9.17, 15) is 4.79 Å². The minimum absolute atomic E-state index is 0.0266. The summed E-state index contributed by atoms with van der Waals surface area (Å²) in [6.07, 6.45) is 3.07. The van der Waals surface area contributed by atoms with Crippen molar-refractivity contribution in [3.05, 3.63) is 36.3 Å². The van der Waals surface area contributed by atoms with Gasteiger partial charge in [-0.25, -0.2) is 4.79 Å². The molecular formula is C12H14N4O2. The van der Waals surface area contributed by atoms with Crippen LogP contribution in [0, 0.1) is 0 Å². The molecule has 0 saturated heterocycles. The Hall–Kier alpha value is -2.37. The second kappa shape index (κ2) is 4.87. The molecule has 0 fully saturated rings. The highest BCUT2D eigenvalue weighted by Crippen LogP contribution is 2.15. The van der Waals surface area contributed by atoms with Crippen LogP contribution in [-0.4, -0.2) is 20.7 Å². The SMILES string of the molecule is CC(C)n1nc(N)cc1C(=O)Oc1cccnc1. The average molecular weight is 246 g/mol. The molecule has 0 saturated carbocycles. The lowest BCUT2D eigenvalue weighted by molar-refractivity contribution is 0.0719. The fourth-order valence-corrected chi connectivity index (χ4v) is 1.53. The third-order valence-corrected chi connectivity index (χ3v) is 2.30. The fraction of sp³-hybridized carbons (Fsp3) is 0.250. The molecule has 0 amide bonds. The maximum Gasteiger partial charge on any atom is 0.362 e. The lowest BCUT2D eigenvalue weighted by Crippen LogP contribution is -2.17. The Morgan fingerprint density at radius 1 is 1.50 bits per heavy atom. The van der Waals surface area contributed by atoms with Gasteiger partial charge in [-0.3, -0.25) is 9.67 Å². The Balaban J connectivity index is 2.24. The van der Waals surface area contributed by atoms with Crippen molar-refractivity contribution in [3.8, 4) is 5.75 Å². The van der Waals surface area contributed by atoms with Crippen LogP contribution in [0.1, 0.15) is 30.4 Å². The van der Waals surface area contributed by atoms with Crippen LogP contribution in [0.4, 0.5) is 5.82 Å². The first kappa shape index (κ1) is 12.1. The van der Waals surface area contributed by atoms with E-state index in [-0.39, 0.29) is 6.04 Å². The van der Waals surface area contributed by atoms with Crippen molar-refractivity contribution in [2.24, 2.45) is 0 Å². The predicted molar refractivity (Wildman–Crippen MR) is 66.2 cm³/mol. The average Bonchev–Trinajstić information content (AvgIpc) is 2.73. The summed E-state index contributed by atoms with van der Waals surface area (Å²) in [6, 6.07) is 4.87. The normalized spacial score (nSPS) is 10.6. The standard InChI is InChI=1S/C12H14N4O2/c1-8(2)16-10(6-11(13)15-16)12(17)18-9-4-3-5-14-7-9/h3-8H,1-2H3,(H2,13,15). The van der Waals surface area contributed by atoms with Crippen molar-refractivity contribution in [1.29, 1.82) is 0 Å². The van der Waals surface area contributed by atoms with Crippen molar-refractivity contribution < 1.29 is 9.53 Å². The van der Waals surface area contributed by atoms with E-state index in [1.54, 1.807) is 18.3 Å². The van der Waals surface area contributed by atoms with Gasteiger partial charge in [0.15, 0.2) is 0 Å². The van der Waals surface area contributed by atoms with E-state index >= 15 is 0 Å². The summed E-state index contributed by atoms with van der Waals surface area (Å²) < 4.78 is 6.72. The number of rotatable bonds is 3. The number of nitrogens with two attached hydrogens (primary N) is 1. The van der Waals surface area contributed by atoms with E-state index in [1.807, 2.05) is 13.8 Å². The highest BCUT2D eigenvalue weighted by atomic mass is 16.5. The molecule has 0 spiro atoms. The summed E-state index contributed by atoms with van der Waals surface area (Å²) in [5.74, 6) is 0.181. The predicted octanol–water partition coefficient (Wildman–Crippen LogP) is 1.66. The Bertz CT molecular complexity index is 548. The van der Waals surface area contributed by atoms with E-state index < -0.39 is 5.97 Å². The molecule has 2 heterocycles. The number of hydrogen-bond acceptors (Lipinski definition) is 5. The van der Waals surface area contributed by atoms with Crippen LogP contribution in [-0.2, 0) is 0 Å². The molecule has 0 unspecified atom stereocenters.